The molecule has 1 heterocycles. The van der Waals surface area contributed by atoms with Gasteiger partial charge in [-0.05, 0) is 12.5 Å². The number of hydrogen-bond acceptors (Lipinski definition) is 2. The van der Waals surface area contributed by atoms with Gasteiger partial charge < -0.3 is 10.5 Å². The van der Waals surface area contributed by atoms with Crippen molar-refractivity contribution in [2.45, 2.75) is 19.4 Å². The van der Waals surface area contributed by atoms with E-state index in [9.17, 15) is 4.39 Å². The minimum atomic E-state index is -0.271. The van der Waals surface area contributed by atoms with Crippen molar-refractivity contribution in [1.82, 2.24) is 0 Å². The lowest BCUT2D eigenvalue weighted by molar-refractivity contribution is 0.255. The van der Waals surface area contributed by atoms with E-state index in [0.717, 1.165) is 12.0 Å². The van der Waals surface area contributed by atoms with Crippen LogP contribution in [0.5, 0.6) is 5.75 Å². The van der Waals surface area contributed by atoms with Gasteiger partial charge in [-0.2, -0.15) is 0 Å². The summed E-state index contributed by atoms with van der Waals surface area (Å²) in [5.74, 6) is 0.0754. The highest BCUT2D eigenvalue weighted by Gasteiger charge is 2.21. The van der Waals surface area contributed by atoms with E-state index >= 15 is 0 Å². The monoisotopic (exact) mass is 181 g/mol. The quantitative estimate of drug-likeness (QED) is 0.663. The maximum atomic E-state index is 13.5. The molecular weight excluding hydrogens is 169 g/mol. The summed E-state index contributed by atoms with van der Waals surface area (Å²) >= 11 is 0. The van der Waals surface area contributed by atoms with Crippen LogP contribution in [0.1, 0.15) is 23.6 Å². The Hall–Kier alpha value is -1.09. The first-order valence-electron chi connectivity index (χ1n) is 4.37. The molecule has 1 aliphatic heterocycles. The summed E-state index contributed by atoms with van der Waals surface area (Å²) in [6, 6.07) is 3.50. The van der Waals surface area contributed by atoms with Crippen molar-refractivity contribution in [1.29, 1.82) is 0 Å². The second-order valence-corrected chi connectivity index (χ2v) is 3.36. The van der Waals surface area contributed by atoms with Gasteiger partial charge in [0.25, 0.3) is 0 Å². The van der Waals surface area contributed by atoms with Crippen molar-refractivity contribution < 1.29 is 9.13 Å². The van der Waals surface area contributed by atoms with Gasteiger partial charge in [0.05, 0.1) is 6.61 Å². The van der Waals surface area contributed by atoms with Gasteiger partial charge in [-0.25, -0.2) is 4.39 Å². The molecule has 1 unspecified atom stereocenters. The van der Waals surface area contributed by atoms with Crippen molar-refractivity contribution in [3.63, 3.8) is 0 Å². The second kappa shape index (κ2) is 3.00. The summed E-state index contributed by atoms with van der Waals surface area (Å²) in [6.45, 7) is 2.23. The molecule has 2 rings (SSSR count). The van der Waals surface area contributed by atoms with E-state index in [2.05, 4.69) is 0 Å². The highest BCUT2D eigenvalue weighted by Crippen LogP contribution is 2.33. The predicted molar refractivity (Wildman–Crippen MR) is 48.2 cm³/mol. The van der Waals surface area contributed by atoms with Gasteiger partial charge in [0.1, 0.15) is 0 Å². The Bertz CT molecular complexity index is 338. The fraction of sp³-hybridized carbons (Fsp3) is 0.400. The Kier molecular flexibility index (Phi) is 1.96. The average molecular weight is 181 g/mol. The molecular formula is C10H12FNO. The maximum absolute atomic E-state index is 13.5. The van der Waals surface area contributed by atoms with E-state index in [4.69, 9.17) is 10.5 Å². The minimum Gasteiger partial charge on any atom is -0.490 e. The molecule has 1 aromatic rings. The zero-order valence-electron chi connectivity index (χ0n) is 7.51. The fourth-order valence-corrected chi connectivity index (χ4v) is 1.55. The van der Waals surface area contributed by atoms with Crippen LogP contribution in [-0.2, 0) is 0 Å². The lowest BCUT2D eigenvalue weighted by Crippen LogP contribution is -2.21. The average Bonchev–Trinajstić information content (AvgIpc) is 2.12. The standard InChI is InChI=1S/C10H12FNO/c1-6-2-3-7-8(12)4-5-13-10(7)9(6)11/h2-3,8H,4-5,12H2,1H3. The molecule has 2 nitrogen and oxygen atoms in total. The van der Waals surface area contributed by atoms with Crippen LogP contribution in [-0.4, -0.2) is 6.61 Å². The highest BCUT2D eigenvalue weighted by molar-refractivity contribution is 5.41. The smallest absolute Gasteiger partial charge is 0.168 e. The first kappa shape index (κ1) is 8.51. The molecule has 0 radical (unpaired) electrons. The summed E-state index contributed by atoms with van der Waals surface area (Å²) in [4.78, 5) is 0. The molecule has 0 spiro atoms. The lowest BCUT2D eigenvalue weighted by atomic mass is 9.99. The Labute approximate surface area is 76.5 Å². The molecule has 0 aromatic heterocycles. The van der Waals surface area contributed by atoms with Gasteiger partial charge in [-0.1, -0.05) is 12.1 Å². The van der Waals surface area contributed by atoms with E-state index in [0.29, 0.717) is 17.9 Å². The SMILES string of the molecule is Cc1ccc2c(c1F)OCCC2N. The molecule has 0 saturated carbocycles. The summed E-state index contributed by atoms with van der Waals surface area (Å²) in [7, 11) is 0. The molecule has 0 aliphatic carbocycles. The second-order valence-electron chi connectivity index (χ2n) is 3.36. The van der Waals surface area contributed by atoms with E-state index in [1.165, 1.54) is 0 Å². The van der Waals surface area contributed by atoms with E-state index < -0.39 is 0 Å². The summed E-state index contributed by atoms with van der Waals surface area (Å²) in [5.41, 5.74) is 7.21. The predicted octanol–water partition coefficient (Wildman–Crippen LogP) is 1.92. The number of rotatable bonds is 0. The summed E-state index contributed by atoms with van der Waals surface area (Å²) in [6.07, 6.45) is 0.759. The van der Waals surface area contributed by atoms with Gasteiger partial charge in [0.2, 0.25) is 0 Å². The van der Waals surface area contributed by atoms with Crippen molar-refractivity contribution in [3.05, 3.63) is 29.1 Å². The lowest BCUT2D eigenvalue weighted by Gasteiger charge is -2.23. The van der Waals surface area contributed by atoms with Crippen LogP contribution in [0.25, 0.3) is 0 Å². The Morgan fingerprint density at radius 1 is 1.54 bits per heavy atom. The number of ether oxygens (including phenoxy) is 1. The zero-order valence-corrected chi connectivity index (χ0v) is 7.51. The van der Waals surface area contributed by atoms with Crippen molar-refractivity contribution >= 4 is 0 Å². The summed E-state index contributed by atoms with van der Waals surface area (Å²) in [5, 5.41) is 0. The molecule has 0 fully saturated rings. The van der Waals surface area contributed by atoms with Gasteiger partial charge in [-0.3, -0.25) is 0 Å². The number of halogens is 1. The van der Waals surface area contributed by atoms with Gasteiger partial charge in [-0.15, -0.1) is 0 Å². The third-order valence-electron chi connectivity index (χ3n) is 2.40. The largest absolute Gasteiger partial charge is 0.490 e. The number of hydrogen-bond donors (Lipinski definition) is 1. The van der Waals surface area contributed by atoms with Crippen LogP contribution in [0, 0.1) is 12.7 Å². The summed E-state index contributed by atoms with van der Waals surface area (Å²) < 4.78 is 18.7. The zero-order chi connectivity index (χ0) is 9.42. The molecule has 1 aromatic carbocycles. The topological polar surface area (TPSA) is 35.2 Å². The number of aryl methyl sites for hydroxylation is 1. The fourth-order valence-electron chi connectivity index (χ4n) is 1.55. The van der Waals surface area contributed by atoms with Crippen molar-refractivity contribution in [3.8, 4) is 5.75 Å². The first-order valence-corrected chi connectivity index (χ1v) is 4.37. The highest BCUT2D eigenvalue weighted by atomic mass is 19.1. The molecule has 3 heteroatoms. The van der Waals surface area contributed by atoms with Crippen molar-refractivity contribution in [2.24, 2.45) is 5.73 Å². The maximum Gasteiger partial charge on any atom is 0.168 e. The molecule has 70 valence electrons. The Morgan fingerprint density at radius 2 is 2.31 bits per heavy atom. The van der Waals surface area contributed by atoms with Crippen LogP contribution in [0.2, 0.25) is 0 Å². The Balaban J connectivity index is 2.56. The molecule has 13 heavy (non-hydrogen) atoms. The third kappa shape index (κ3) is 1.29. The normalized spacial score (nSPS) is 20.7. The number of nitrogens with two attached hydrogens (primary N) is 1. The number of fused-ring (bicyclic) bond motifs is 1. The van der Waals surface area contributed by atoms with Crippen LogP contribution in [0.3, 0.4) is 0 Å². The van der Waals surface area contributed by atoms with E-state index in [-0.39, 0.29) is 11.9 Å². The van der Waals surface area contributed by atoms with E-state index in [1.54, 1.807) is 13.0 Å². The van der Waals surface area contributed by atoms with E-state index in [1.807, 2.05) is 6.07 Å². The Morgan fingerprint density at radius 3 is 3.08 bits per heavy atom. The van der Waals surface area contributed by atoms with Crippen LogP contribution in [0.15, 0.2) is 12.1 Å². The van der Waals surface area contributed by atoms with Crippen LogP contribution < -0.4 is 10.5 Å². The molecule has 2 N–H and O–H groups in total. The van der Waals surface area contributed by atoms with Gasteiger partial charge in [0.15, 0.2) is 11.6 Å². The third-order valence-corrected chi connectivity index (χ3v) is 2.40. The molecule has 0 amide bonds. The first-order chi connectivity index (χ1) is 6.20. The van der Waals surface area contributed by atoms with Gasteiger partial charge in [0, 0.05) is 18.0 Å². The molecule has 1 atom stereocenters. The molecule has 0 saturated heterocycles. The van der Waals surface area contributed by atoms with Crippen LogP contribution in [0.4, 0.5) is 4.39 Å². The van der Waals surface area contributed by atoms with Gasteiger partial charge >= 0.3 is 0 Å². The molecule has 0 bridgehead atoms. The minimum absolute atomic E-state index is 0.0844. The molecule has 1 aliphatic rings. The van der Waals surface area contributed by atoms with Crippen LogP contribution >= 0.6 is 0 Å². The van der Waals surface area contributed by atoms with Crippen molar-refractivity contribution in [2.75, 3.05) is 6.61 Å². The number of benzene rings is 1.